The molecule has 1 aliphatic rings. The monoisotopic (exact) mass is 353 g/mol. The zero-order valence-corrected chi connectivity index (χ0v) is 15.1. The summed E-state index contributed by atoms with van der Waals surface area (Å²) in [6.07, 6.45) is 5.19. The lowest BCUT2D eigenvalue weighted by atomic mass is 9.73. The van der Waals surface area contributed by atoms with Crippen LogP contribution in [-0.2, 0) is 17.2 Å². The standard InChI is InChI=1S/C19H23N5O2/c1-24-13-23-16-17(21-12-22-18(16)24)20-11-19(7-9-26-10-8-19)14-5-3-4-6-15(14)25-2/h3-6,12-13H,7-11H2,1-2H3,(H,20,21,22). The summed E-state index contributed by atoms with van der Waals surface area (Å²) in [5.41, 5.74) is 2.75. The van der Waals surface area contributed by atoms with Crippen LogP contribution in [0.5, 0.6) is 5.75 Å². The Bertz CT molecular complexity index is 902. The molecule has 0 unspecified atom stereocenters. The molecule has 0 amide bonds. The smallest absolute Gasteiger partial charge is 0.165 e. The number of aryl methyl sites for hydroxylation is 1. The number of ether oxygens (including phenoxy) is 2. The molecule has 2 aromatic heterocycles. The fourth-order valence-electron chi connectivity index (χ4n) is 3.71. The number of aromatic nitrogens is 4. The second kappa shape index (κ2) is 6.92. The molecule has 0 aliphatic carbocycles. The maximum atomic E-state index is 5.64. The summed E-state index contributed by atoms with van der Waals surface area (Å²) in [5, 5.41) is 3.52. The molecule has 0 saturated carbocycles. The van der Waals surface area contributed by atoms with Crippen molar-refractivity contribution < 1.29 is 9.47 Å². The van der Waals surface area contributed by atoms with Crippen molar-refractivity contribution in [3.8, 4) is 5.75 Å². The number of nitrogens with zero attached hydrogens (tertiary/aromatic N) is 4. The molecule has 4 rings (SSSR count). The van der Waals surface area contributed by atoms with Gasteiger partial charge in [-0.15, -0.1) is 0 Å². The summed E-state index contributed by atoms with van der Waals surface area (Å²) in [6, 6.07) is 8.25. The topological polar surface area (TPSA) is 74.1 Å². The molecule has 136 valence electrons. The van der Waals surface area contributed by atoms with Crippen molar-refractivity contribution in [1.82, 2.24) is 19.5 Å². The van der Waals surface area contributed by atoms with Gasteiger partial charge in [0.15, 0.2) is 11.5 Å². The van der Waals surface area contributed by atoms with Crippen LogP contribution in [0.1, 0.15) is 18.4 Å². The Morgan fingerprint density at radius 3 is 2.81 bits per heavy atom. The summed E-state index contributed by atoms with van der Waals surface area (Å²) in [5.74, 6) is 1.68. The van der Waals surface area contributed by atoms with E-state index in [2.05, 4.69) is 32.4 Å². The molecule has 1 N–H and O–H groups in total. The van der Waals surface area contributed by atoms with Gasteiger partial charge < -0.3 is 19.4 Å². The Morgan fingerprint density at radius 2 is 2.00 bits per heavy atom. The van der Waals surface area contributed by atoms with Crippen LogP contribution in [0.25, 0.3) is 11.2 Å². The summed E-state index contributed by atoms with van der Waals surface area (Å²) in [7, 11) is 3.65. The molecule has 3 heterocycles. The minimum Gasteiger partial charge on any atom is -0.496 e. The summed E-state index contributed by atoms with van der Waals surface area (Å²) < 4.78 is 13.2. The maximum Gasteiger partial charge on any atom is 0.165 e. The highest BCUT2D eigenvalue weighted by molar-refractivity contribution is 5.82. The zero-order chi connectivity index (χ0) is 18.0. The fraction of sp³-hybridized carbons (Fsp3) is 0.421. The number of fused-ring (bicyclic) bond motifs is 1. The Balaban J connectivity index is 1.67. The molecule has 3 aromatic rings. The molecular weight excluding hydrogens is 330 g/mol. The van der Waals surface area contributed by atoms with E-state index in [1.54, 1.807) is 19.8 Å². The highest BCUT2D eigenvalue weighted by atomic mass is 16.5. The largest absolute Gasteiger partial charge is 0.496 e. The van der Waals surface area contributed by atoms with Gasteiger partial charge in [-0.05, 0) is 18.9 Å². The van der Waals surface area contributed by atoms with E-state index in [0.717, 1.165) is 55.3 Å². The minimum atomic E-state index is -0.0725. The zero-order valence-electron chi connectivity index (χ0n) is 15.1. The van der Waals surface area contributed by atoms with E-state index >= 15 is 0 Å². The number of rotatable bonds is 5. The van der Waals surface area contributed by atoms with Crippen LogP contribution < -0.4 is 10.1 Å². The van der Waals surface area contributed by atoms with Gasteiger partial charge in [-0.25, -0.2) is 15.0 Å². The highest BCUT2D eigenvalue weighted by Crippen LogP contribution is 2.40. The number of anilines is 1. The SMILES string of the molecule is COc1ccccc1C1(CNc2ncnc3c2ncn3C)CCOCC1. The number of imidazole rings is 1. The highest BCUT2D eigenvalue weighted by Gasteiger charge is 2.36. The molecule has 0 atom stereocenters. The minimum absolute atomic E-state index is 0.0725. The first-order valence-electron chi connectivity index (χ1n) is 8.81. The molecule has 1 saturated heterocycles. The fourth-order valence-corrected chi connectivity index (χ4v) is 3.71. The molecule has 0 radical (unpaired) electrons. The lowest BCUT2D eigenvalue weighted by Crippen LogP contribution is -2.40. The maximum absolute atomic E-state index is 5.64. The van der Waals surface area contributed by atoms with E-state index in [0.29, 0.717) is 0 Å². The van der Waals surface area contributed by atoms with Crippen LogP contribution in [0, 0.1) is 0 Å². The molecule has 26 heavy (non-hydrogen) atoms. The van der Waals surface area contributed by atoms with E-state index in [1.807, 2.05) is 23.7 Å². The van der Waals surface area contributed by atoms with Crippen molar-refractivity contribution >= 4 is 17.0 Å². The Hall–Kier alpha value is -2.67. The number of nitrogens with one attached hydrogen (secondary N) is 1. The summed E-state index contributed by atoms with van der Waals surface area (Å²) in [6.45, 7) is 2.21. The summed E-state index contributed by atoms with van der Waals surface area (Å²) >= 11 is 0. The predicted molar refractivity (Wildman–Crippen MR) is 99.5 cm³/mol. The second-order valence-corrected chi connectivity index (χ2v) is 6.70. The second-order valence-electron chi connectivity index (χ2n) is 6.70. The van der Waals surface area contributed by atoms with Gasteiger partial charge in [-0.3, -0.25) is 0 Å². The van der Waals surface area contributed by atoms with Gasteiger partial charge in [-0.1, -0.05) is 18.2 Å². The summed E-state index contributed by atoms with van der Waals surface area (Å²) in [4.78, 5) is 13.2. The molecule has 7 heteroatoms. The van der Waals surface area contributed by atoms with Crippen LogP contribution in [0.15, 0.2) is 36.9 Å². The van der Waals surface area contributed by atoms with E-state index in [4.69, 9.17) is 9.47 Å². The Kier molecular flexibility index (Phi) is 4.46. The van der Waals surface area contributed by atoms with Crippen LogP contribution in [0.3, 0.4) is 0 Å². The van der Waals surface area contributed by atoms with E-state index in [9.17, 15) is 0 Å². The van der Waals surface area contributed by atoms with E-state index in [-0.39, 0.29) is 5.41 Å². The molecule has 1 aromatic carbocycles. The van der Waals surface area contributed by atoms with Gasteiger partial charge in [0.2, 0.25) is 0 Å². The van der Waals surface area contributed by atoms with Crippen LogP contribution in [-0.4, -0.2) is 46.4 Å². The number of hydrogen-bond acceptors (Lipinski definition) is 6. The van der Waals surface area contributed by atoms with Crippen molar-refractivity contribution in [2.24, 2.45) is 7.05 Å². The number of para-hydroxylation sites is 1. The average Bonchev–Trinajstić information content (AvgIpc) is 3.09. The van der Waals surface area contributed by atoms with Crippen molar-refractivity contribution in [2.75, 3.05) is 32.2 Å². The lowest BCUT2D eigenvalue weighted by Gasteiger charge is -2.38. The number of hydrogen-bond donors (Lipinski definition) is 1. The first kappa shape index (κ1) is 16.8. The van der Waals surface area contributed by atoms with Crippen molar-refractivity contribution in [2.45, 2.75) is 18.3 Å². The van der Waals surface area contributed by atoms with E-state index in [1.165, 1.54) is 5.56 Å². The van der Waals surface area contributed by atoms with Gasteiger partial charge in [0, 0.05) is 37.8 Å². The molecular formula is C19H23N5O2. The van der Waals surface area contributed by atoms with Crippen LogP contribution in [0.4, 0.5) is 5.82 Å². The Morgan fingerprint density at radius 1 is 1.19 bits per heavy atom. The first-order valence-corrected chi connectivity index (χ1v) is 8.81. The molecule has 1 fully saturated rings. The normalized spacial score (nSPS) is 16.5. The first-order chi connectivity index (χ1) is 12.7. The van der Waals surface area contributed by atoms with Gasteiger partial charge in [-0.2, -0.15) is 0 Å². The molecule has 1 aliphatic heterocycles. The van der Waals surface area contributed by atoms with Gasteiger partial charge in [0.1, 0.15) is 17.6 Å². The molecule has 0 bridgehead atoms. The van der Waals surface area contributed by atoms with E-state index < -0.39 is 0 Å². The number of methoxy groups -OCH3 is 1. The van der Waals surface area contributed by atoms with Crippen LogP contribution >= 0.6 is 0 Å². The molecule has 0 spiro atoms. The quantitative estimate of drug-likeness (QED) is 0.760. The average molecular weight is 353 g/mol. The van der Waals surface area contributed by atoms with Gasteiger partial charge >= 0.3 is 0 Å². The van der Waals surface area contributed by atoms with Gasteiger partial charge in [0.05, 0.1) is 13.4 Å². The third-order valence-electron chi connectivity index (χ3n) is 5.22. The molecule has 7 nitrogen and oxygen atoms in total. The van der Waals surface area contributed by atoms with Crippen molar-refractivity contribution in [1.29, 1.82) is 0 Å². The third-order valence-corrected chi connectivity index (χ3v) is 5.22. The predicted octanol–water partition coefficient (Wildman–Crippen LogP) is 2.53. The van der Waals surface area contributed by atoms with Crippen molar-refractivity contribution in [3.05, 3.63) is 42.5 Å². The lowest BCUT2D eigenvalue weighted by molar-refractivity contribution is 0.0535. The third kappa shape index (κ3) is 2.88. The Labute approximate surface area is 152 Å². The van der Waals surface area contributed by atoms with Crippen molar-refractivity contribution in [3.63, 3.8) is 0 Å². The number of benzene rings is 1. The van der Waals surface area contributed by atoms with Gasteiger partial charge in [0.25, 0.3) is 0 Å². The van der Waals surface area contributed by atoms with Crippen LogP contribution in [0.2, 0.25) is 0 Å².